The van der Waals surface area contributed by atoms with E-state index in [1.54, 1.807) is 12.3 Å². The van der Waals surface area contributed by atoms with E-state index in [4.69, 9.17) is 0 Å². The first kappa shape index (κ1) is 26.8. The number of piperidine rings is 1. The fourth-order valence-electron chi connectivity index (χ4n) is 4.68. The van der Waals surface area contributed by atoms with Crippen LogP contribution in [-0.4, -0.2) is 54.9 Å². The third kappa shape index (κ3) is 6.12. The molecule has 2 atom stereocenters. The molecular formula is C27H27F3N6O2S. The number of aromatic nitrogens is 3. The second kappa shape index (κ2) is 10.8. The number of hydrogen-bond donors (Lipinski definition) is 3. The SMILES string of the molecule is CCc1cc(-c2ccc(-c3cc(F)ccc3NS(C)(=O)=O)c(F)c2)nc2cnc(N[C@@H]3CNC[C@@H](F)C3)nc12. The molecule has 204 valence electrons. The van der Waals surface area contributed by atoms with Crippen LogP contribution >= 0.6 is 0 Å². The maximum atomic E-state index is 15.4. The van der Waals surface area contributed by atoms with Crippen molar-refractivity contribution in [3.05, 3.63) is 65.9 Å². The Bertz CT molecular complexity index is 1650. The van der Waals surface area contributed by atoms with E-state index in [1.807, 2.05) is 13.0 Å². The van der Waals surface area contributed by atoms with Crippen LogP contribution in [0.2, 0.25) is 0 Å². The molecule has 8 nitrogen and oxygen atoms in total. The summed E-state index contributed by atoms with van der Waals surface area (Å²) in [6.45, 7) is 2.92. The molecule has 3 N–H and O–H groups in total. The lowest BCUT2D eigenvalue weighted by Gasteiger charge is -2.26. The summed E-state index contributed by atoms with van der Waals surface area (Å²) in [5.74, 6) is -0.913. The molecule has 39 heavy (non-hydrogen) atoms. The number of sulfonamides is 1. The third-order valence-corrected chi connectivity index (χ3v) is 7.06. The highest BCUT2D eigenvalue weighted by molar-refractivity contribution is 7.92. The zero-order valence-corrected chi connectivity index (χ0v) is 22.1. The molecule has 4 aromatic rings. The smallest absolute Gasteiger partial charge is 0.229 e. The van der Waals surface area contributed by atoms with Gasteiger partial charge in [0.25, 0.3) is 0 Å². The van der Waals surface area contributed by atoms with Crippen molar-refractivity contribution in [3.8, 4) is 22.4 Å². The van der Waals surface area contributed by atoms with Crippen LogP contribution in [-0.2, 0) is 16.4 Å². The van der Waals surface area contributed by atoms with E-state index < -0.39 is 27.8 Å². The molecule has 0 bridgehead atoms. The fraction of sp³-hybridized carbons (Fsp3) is 0.296. The van der Waals surface area contributed by atoms with Crippen molar-refractivity contribution < 1.29 is 21.6 Å². The van der Waals surface area contributed by atoms with Crippen LogP contribution in [0.15, 0.2) is 48.7 Å². The van der Waals surface area contributed by atoms with Gasteiger partial charge in [-0.2, -0.15) is 0 Å². The fourth-order valence-corrected chi connectivity index (χ4v) is 5.26. The van der Waals surface area contributed by atoms with Crippen molar-refractivity contribution in [1.29, 1.82) is 0 Å². The number of benzene rings is 2. The van der Waals surface area contributed by atoms with Crippen LogP contribution in [0.4, 0.5) is 24.8 Å². The number of rotatable bonds is 7. The number of halogens is 3. The zero-order chi connectivity index (χ0) is 27.7. The van der Waals surface area contributed by atoms with Crippen LogP contribution < -0.4 is 15.4 Å². The van der Waals surface area contributed by atoms with Gasteiger partial charge < -0.3 is 10.6 Å². The normalized spacial score (nSPS) is 17.8. The molecule has 1 saturated heterocycles. The molecule has 0 saturated carbocycles. The minimum absolute atomic E-state index is 0.0349. The first-order chi connectivity index (χ1) is 18.6. The van der Waals surface area contributed by atoms with Gasteiger partial charge in [-0.1, -0.05) is 19.1 Å². The molecule has 0 amide bonds. The Morgan fingerprint density at radius 2 is 1.87 bits per heavy atom. The lowest BCUT2D eigenvalue weighted by atomic mass is 9.99. The predicted molar refractivity (Wildman–Crippen MR) is 146 cm³/mol. The number of fused-ring (bicyclic) bond motifs is 1. The molecule has 5 rings (SSSR count). The molecule has 0 unspecified atom stereocenters. The molecule has 2 aromatic heterocycles. The predicted octanol–water partition coefficient (Wildman–Crippen LogP) is 4.68. The van der Waals surface area contributed by atoms with Gasteiger partial charge in [-0.25, -0.2) is 36.5 Å². The van der Waals surface area contributed by atoms with Gasteiger partial charge in [0.15, 0.2) is 0 Å². The Kier molecular flexibility index (Phi) is 7.41. The summed E-state index contributed by atoms with van der Waals surface area (Å²) in [6.07, 6.45) is 2.62. The number of pyridine rings is 1. The summed E-state index contributed by atoms with van der Waals surface area (Å²) in [4.78, 5) is 13.6. The second-order valence-corrected chi connectivity index (χ2v) is 11.3. The van der Waals surface area contributed by atoms with Crippen molar-refractivity contribution in [2.45, 2.75) is 32.0 Å². The van der Waals surface area contributed by atoms with Crippen LogP contribution in [0.1, 0.15) is 18.9 Å². The minimum Gasteiger partial charge on any atom is -0.350 e. The maximum Gasteiger partial charge on any atom is 0.229 e. The van der Waals surface area contributed by atoms with Crippen LogP contribution in [0.3, 0.4) is 0 Å². The number of aryl methyl sites for hydroxylation is 1. The lowest BCUT2D eigenvalue weighted by Crippen LogP contribution is -2.44. The number of hydrogen-bond acceptors (Lipinski definition) is 7. The van der Waals surface area contributed by atoms with E-state index in [0.717, 1.165) is 24.0 Å². The Hall–Kier alpha value is -3.77. The van der Waals surface area contributed by atoms with E-state index >= 15 is 4.39 Å². The van der Waals surface area contributed by atoms with Crippen molar-refractivity contribution in [2.75, 3.05) is 29.4 Å². The largest absolute Gasteiger partial charge is 0.350 e. The summed E-state index contributed by atoms with van der Waals surface area (Å²) in [5.41, 5.74) is 3.20. The highest BCUT2D eigenvalue weighted by atomic mass is 32.2. The lowest BCUT2D eigenvalue weighted by molar-refractivity contribution is 0.254. The van der Waals surface area contributed by atoms with Crippen molar-refractivity contribution in [1.82, 2.24) is 20.3 Å². The molecular weight excluding hydrogens is 529 g/mol. The first-order valence-electron chi connectivity index (χ1n) is 12.4. The summed E-state index contributed by atoms with van der Waals surface area (Å²) in [6, 6.07) is 9.50. The van der Waals surface area contributed by atoms with Crippen molar-refractivity contribution >= 4 is 32.7 Å². The molecule has 1 aliphatic heterocycles. The Morgan fingerprint density at radius 1 is 1.05 bits per heavy atom. The quantitative estimate of drug-likeness (QED) is 0.303. The number of anilines is 2. The van der Waals surface area contributed by atoms with Crippen molar-refractivity contribution in [3.63, 3.8) is 0 Å². The average molecular weight is 557 g/mol. The Labute approximate surface area is 224 Å². The van der Waals surface area contributed by atoms with E-state index in [2.05, 4.69) is 30.3 Å². The minimum atomic E-state index is -3.67. The number of nitrogens with zero attached hydrogens (tertiary/aromatic N) is 3. The molecule has 3 heterocycles. The maximum absolute atomic E-state index is 15.4. The number of alkyl halides is 1. The summed E-state index contributed by atoms with van der Waals surface area (Å²) in [7, 11) is -3.67. The van der Waals surface area contributed by atoms with Gasteiger partial charge in [0.05, 0.1) is 29.4 Å². The zero-order valence-electron chi connectivity index (χ0n) is 21.3. The molecule has 0 aliphatic carbocycles. The topological polar surface area (TPSA) is 109 Å². The molecule has 1 aliphatic rings. The average Bonchev–Trinajstić information content (AvgIpc) is 2.88. The first-order valence-corrected chi connectivity index (χ1v) is 14.3. The standard InChI is InChI=1S/C27H27F3N6O2S/c1-3-15-9-24(34-25-14-32-27(35-26(15)25)33-19-10-18(29)12-31-13-19)16-4-6-20(22(30)8-16)21-11-17(28)5-7-23(21)36-39(2,37)38/h4-9,11,14,18-19,31,36H,3,10,12-13H2,1-2H3,(H,32,33,35)/t18-,19-/m0/s1. The van der Waals surface area contributed by atoms with E-state index in [0.29, 0.717) is 54.2 Å². The molecule has 1 fully saturated rings. The van der Waals surface area contributed by atoms with Gasteiger partial charge in [0.2, 0.25) is 16.0 Å². The molecule has 2 aromatic carbocycles. The van der Waals surface area contributed by atoms with Gasteiger partial charge in [-0.05, 0) is 42.3 Å². The second-order valence-electron chi connectivity index (χ2n) is 9.54. The van der Waals surface area contributed by atoms with Gasteiger partial charge in [-0.3, -0.25) is 4.72 Å². The summed E-state index contributed by atoms with van der Waals surface area (Å²) in [5, 5.41) is 6.22. The highest BCUT2D eigenvalue weighted by Gasteiger charge is 2.22. The summed E-state index contributed by atoms with van der Waals surface area (Å²) >= 11 is 0. The van der Waals surface area contributed by atoms with Gasteiger partial charge in [0, 0.05) is 42.2 Å². The van der Waals surface area contributed by atoms with E-state index in [-0.39, 0.29) is 22.9 Å². The van der Waals surface area contributed by atoms with E-state index in [9.17, 15) is 17.2 Å². The Balaban J connectivity index is 1.48. The number of nitrogens with one attached hydrogen (secondary N) is 3. The van der Waals surface area contributed by atoms with Gasteiger partial charge in [0.1, 0.15) is 23.3 Å². The van der Waals surface area contributed by atoms with E-state index in [1.165, 1.54) is 18.2 Å². The van der Waals surface area contributed by atoms with Crippen LogP contribution in [0, 0.1) is 11.6 Å². The molecule has 0 spiro atoms. The Morgan fingerprint density at radius 3 is 2.59 bits per heavy atom. The highest BCUT2D eigenvalue weighted by Crippen LogP contribution is 2.34. The molecule has 12 heteroatoms. The van der Waals surface area contributed by atoms with Crippen LogP contribution in [0.25, 0.3) is 33.4 Å². The van der Waals surface area contributed by atoms with Crippen molar-refractivity contribution in [2.24, 2.45) is 0 Å². The van der Waals surface area contributed by atoms with Crippen LogP contribution in [0.5, 0.6) is 0 Å². The van der Waals surface area contributed by atoms with Gasteiger partial charge in [-0.15, -0.1) is 0 Å². The monoisotopic (exact) mass is 556 g/mol. The molecule has 0 radical (unpaired) electrons. The summed E-state index contributed by atoms with van der Waals surface area (Å²) < 4.78 is 68.9. The van der Waals surface area contributed by atoms with Gasteiger partial charge >= 0.3 is 0 Å². The third-order valence-electron chi connectivity index (χ3n) is 6.47.